The molecule has 5 rings (SSSR count). The number of hydrogen-bond acceptors (Lipinski definition) is 4. The maximum atomic E-state index is 13.3. The van der Waals surface area contributed by atoms with Gasteiger partial charge >= 0.3 is 0 Å². The summed E-state index contributed by atoms with van der Waals surface area (Å²) in [4.78, 5) is 26.0. The number of para-hydroxylation sites is 3. The van der Waals surface area contributed by atoms with Gasteiger partial charge in [0.2, 0.25) is 0 Å². The van der Waals surface area contributed by atoms with Crippen molar-refractivity contribution >= 4 is 33.7 Å². The van der Waals surface area contributed by atoms with Crippen molar-refractivity contribution in [3.05, 3.63) is 94.5 Å². The Hall–Kier alpha value is -3.38. The molecule has 0 fully saturated rings. The molecular weight excluding hydrogens is 380 g/mol. The van der Waals surface area contributed by atoms with Gasteiger partial charge in [-0.15, -0.1) is 0 Å². The van der Waals surface area contributed by atoms with Crippen molar-refractivity contribution in [1.82, 2.24) is 19.5 Å². The number of H-pyrrole nitrogens is 1. The molecule has 0 radical (unpaired) electrons. The van der Waals surface area contributed by atoms with Crippen LogP contribution in [0.1, 0.15) is 11.4 Å². The number of nitrogens with zero attached hydrogens (tertiary/aromatic N) is 3. The van der Waals surface area contributed by atoms with E-state index in [1.54, 1.807) is 4.57 Å². The zero-order valence-corrected chi connectivity index (χ0v) is 16.6. The average Bonchev–Trinajstić information content (AvgIpc) is 3.16. The van der Waals surface area contributed by atoms with Crippen LogP contribution in [0, 0.1) is 6.92 Å². The fourth-order valence-electron chi connectivity index (χ4n) is 3.34. The molecule has 142 valence electrons. The Morgan fingerprint density at radius 2 is 1.62 bits per heavy atom. The molecule has 0 saturated carbocycles. The Bertz CT molecular complexity index is 1350. The van der Waals surface area contributed by atoms with E-state index in [1.807, 2.05) is 79.7 Å². The van der Waals surface area contributed by atoms with Crippen LogP contribution < -0.4 is 5.56 Å². The largest absolute Gasteiger partial charge is 0.341 e. The van der Waals surface area contributed by atoms with E-state index in [0.29, 0.717) is 21.8 Å². The lowest BCUT2D eigenvalue weighted by atomic mass is 10.2. The maximum absolute atomic E-state index is 13.3. The predicted octanol–water partition coefficient (Wildman–Crippen LogP) is 4.86. The summed E-state index contributed by atoms with van der Waals surface area (Å²) in [5, 5.41) is 1.26. The fourth-order valence-corrected chi connectivity index (χ4v) is 4.22. The molecule has 0 aliphatic rings. The minimum Gasteiger partial charge on any atom is -0.341 e. The van der Waals surface area contributed by atoms with Crippen LogP contribution in [-0.4, -0.2) is 19.5 Å². The van der Waals surface area contributed by atoms with Gasteiger partial charge in [-0.1, -0.05) is 53.7 Å². The van der Waals surface area contributed by atoms with Gasteiger partial charge in [0.15, 0.2) is 5.16 Å². The van der Waals surface area contributed by atoms with Crippen LogP contribution in [0.15, 0.2) is 82.7 Å². The maximum Gasteiger partial charge on any atom is 0.266 e. The molecule has 2 aromatic heterocycles. The minimum atomic E-state index is -0.0634. The highest BCUT2D eigenvalue weighted by Gasteiger charge is 2.14. The van der Waals surface area contributed by atoms with Crippen LogP contribution in [0.3, 0.4) is 0 Å². The lowest BCUT2D eigenvalue weighted by molar-refractivity contribution is 0.818. The molecule has 5 nitrogen and oxygen atoms in total. The molecule has 29 heavy (non-hydrogen) atoms. The Labute approximate surface area is 171 Å². The SMILES string of the molecule is Cc1ccc(-n2c(SCc3nc4ccccc4[nH]3)nc3ccccc3c2=O)cc1. The monoisotopic (exact) mass is 398 g/mol. The van der Waals surface area contributed by atoms with E-state index in [4.69, 9.17) is 4.98 Å². The third-order valence-corrected chi connectivity index (χ3v) is 5.76. The highest BCUT2D eigenvalue weighted by Crippen LogP contribution is 2.25. The summed E-state index contributed by atoms with van der Waals surface area (Å²) in [6, 6.07) is 23.3. The van der Waals surface area contributed by atoms with Crippen molar-refractivity contribution in [1.29, 1.82) is 0 Å². The van der Waals surface area contributed by atoms with Crippen molar-refractivity contribution in [2.75, 3.05) is 0 Å². The molecule has 0 amide bonds. The van der Waals surface area contributed by atoms with E-state index >= 15 is 0 Å². The van der Waals surface area contributed by atoms with Gasteiger partial charge in [-0.2, -0.15) is 0 Å². The van der Waals surface area contributed by atoms with E-state index < -0.39 is 0 Å². The van der Waals surface area contributed by atoms with Gasteiger partial charge < -0.3 is 4.98 Å². The van der Waals surface area contributed by atoms with Gasteiger partial charge in [-0.05, 0) is 43.3 Å². The van der Waals surface area contributed by atoms with Crippen molar-refractivity contribution in [3.63, 3.8) is 0 Å². The van der Waals surface area contributed by atoms with Crippen LogP contribution in [0.2, 0.25) is 0 Å². The van der Waals surface area contributed by atoms with E-state index in [0.717, 1.165) is 28.1 Å². The summed E-state index contributed by atoms with van der Waals surface area (Å²) in [7, 11) is 0. The van der Waals surface area contributed by atoms with Gasteiger partial charge in [-0.3, -0.25) is 9.36 Å². The van der Waals surface area contributed by atoms with Crippen LogP contribution in [0.4, 0.5) is 0 Å². The number of fused-ring (bicyclic) bond motifs is 2. The lowest BCUT2D eigenvalue weighted by Crippen LogP contribution is -2.21. The fraction of sp³-hybridized carbons (Fsp3) is 0.0870. The van der Waals surface area contributed by atoms with Crippen molar-refractivity contribution in [2.45, 2.75) is 17.8 Å². The number of nitrogens with one attached hydrogen (secondary N) is 1. The molecule has 0 aliphatic carbocycles. The Morgan fingerprint density at radius 1 is 0.897 bits per heavy atom. The van der Waals surface area contributed by atoms with Crippen LogP contribution >= 0.6 is 11.8 Å². The number of thioether (sulfide) groups is 1. The van der Waals surface area contributed by atoms with Gasteiger partial charge in [-0.25, -0.2) is 9.97 Å². The molecule has 2 heterocycles. The zero-order chi connectivity index (χ0) is 19.8. The number of benzene rings is 3. The average molecular weight is 398 g/mol. The number of imidazole rings is 1. The molecule has 5 aromatic rings. The molecule has 0 bridgehead atoms. The summed E-state index contributed by atoms with van der Waals surface area (Å²) >= 11 is 1.50. The summed E-state index contributed by atoms with van der Waals surface area (Å²) in [5.41, 5.74) is 4.54. The molecule has 0 atom stereocenters. The molecule has 3 aromatic carbocycles. The molecular formula is C23H18N4OS. The van der Waals surface area contributed by atoms with E-state index in [2.05, 4.69) is 9.97 Å². The van der Waals surface area contributed by atoms with Gasteiger partial charge in [0.05, 0.1) is 33.4 Å². The first-order chi connectivity index (χ1) is 14.2. The second kappa shape index (κ2) is 7.22. The van der Waals surface area contributed by atoms with Gasteiger partial charge in [0.25, 0.3) is 5.56 Å². The highest BCUT2D eigenvalue weighted by atomic mass is 32.2. The minimum absolute atomic E-state index is 0.0634. The number of hydrogen-bond donors (Lipinski definition) is 1. The highest BCUT2D eigenvalue weighted by molar-refractivity contribution is 7.98. The first-order valence-corrected chi connectivity index (χ1v) is 10.3. The summed E-state index contributed by atoms with van der Waals surface area (Å²) in [5.74, 6) is 1.44. The van der Waals surface area contributed by atoms with Gasteiger partial charge in [0.1, 0.15) is 5.82 Å². The number of aromatic nitrogens is 4. The van der Waals surface area contributed by atoms with Crippen LogP contribution in [0.25, 0.3) is 27.6 Å². The Kier molecular flexibility index (Phi) is 4.41. The summed E-state index contributed by atoms with van der Waals surface area (Å²) in [6.07, 6.45) is 0. The van der Waals surface area contributed by atoms with Crippen molar-refractivity contribution in [3.8, 4) is 5.69 Å². The smallest absolute Gasteiger partial charge is 0.266 e. The Morgan fingerprint density at radius 3 is 2.41 bits per heavy atom. The van der Waals surface area contributed by atoms with Crippen LogP contribution in [0.5, 0.6) is 0 Å². The summed E-state index contributed by atoms with van der Waals surface area (Å²) in [6.45, 7) is 2.03. The quantitative estimate of drug-likeness (QED) is 0.347. The topological polar surface area (TPSA) is 63.6 Å². The molecule has 0 saturated heterocycles. The van der Waals surface area contributed by atoms with E-state index in [1.165, 1.54) is 11.8 Å². The number of aryl methyl sites for hydroxylation is 1. The first kappa shape index (κ1) is 17.7. The van der Waals surface area contributed by atoms with Crippen molar-refractivity contribution < 1.29 is 0 Å². The van der Waals surface area contributed by atoms with E-state index in [9.17, 15) is 4.79 Å². The molecule has 0 unspecified atom stereocenters. The second-order valence-corrected chi connectivity index (χ2v) is 7.82. The molecule has 6 heteroatoms. The van der Waals surface area contributed by atoms with E-state index in [-0.39, 0.29) is 5.56 Å². The predicted molar refractivity (Wildman–Crippen MR) is 118 cm³/mol. The molecule has 1 N–H and O–H groups in total. The Balaban J connectivity index is 1.60. The third-order valence-electron chi connectivity index (χ3n) is 4.81. The number of rotatable bonds is 4. The third kappa shape index (κ3) is 3.32. The van der Waals surface area contributed by atoms with Gasteiger partial charge in [0, 0.05) is 0 Å². The van der Waals surface area contributed by atoms with Crippen LogP contribution in [-0.2, 0) is 5.75 Å². The first-order valence-electron chi connectivity index (χ1n) is 9.34. The molecule has 0 aliphatic heterocycles. The number of aromatic amines is 1. The standard InChI is InChI=1S/C23H18N4OS/c1-15-10-12-16(13-11-15)27-22(28)17-6-2-3-7-18(17)26-23(27)29-14-21-24-19-8-4-5-9-20(19)25-21/h2-13H,14H2,1H3,(H,24,25). The van der Waals surface area contributed by atoms with Crippen molar-refractivity contribution in [2.24, 2.45) is 0 Å². The second-order valence-electron chi connectivity index (χ2n) is 6.88. The zero-order valence-electron chi connectivity index (χ0n) is 15.8. The lowest BCUT2D eigenvalue weighted by Gasteiger charge is -2.13. The normalized spacial score (nSPS) is 11.3. The molecule has 0 spiro atoms. The summed E-state index contributed by atoms with van der Waals surface area (Å²) < 4.78 is 1.69.